The number of carboxylic acids is 1. The number of rotatable bonds is 5. The molecule has 0 bridgehead atoms. The molecule has 19 heavy (non-hydrogen) atoms. The van der Waals surface area contributed by atoms with E-state index < -0.39 is 5.97 Å². The van der Waals surface area contributed by atoms with Crippen LogP contribution in [0.1, 0.15) is 11.1 Å². The average Bonchev–Trinajstić information content (AvgIpc) is 2.89. The molecule has 1 heterocycles. The van der Waals surface area contributed by atoms with Crippen molar-refractivity contribution in [1.29, 1.82) is 0 Å². The third-order valence-corrected chi connectivity index (χ3v) is 2.60. The summed E-state index contributed by atoms with van der Waals surface area (Å²) in [5.74, 6) is -0.346. The molecule has 2 rings (SSSR count). The highest BCUT2D eigenvalue weighted by Gasteiger charge is 2.03. The number of ether oxygens (including phenoxy) is 1. The second-order valence-corrected chi connectivity index (χ2v) is 3.95. The molecule has 0 atom stereocenters. The van der Waals surface area contributed by atoms with E-state index >= 15 is 0 Å². The molecule has 1 N–H and O–H groups in total. The first-order valence-corrected chi connectivity index (χ1v) is 5.74. The van der Waals surface area contributed by atoms with Gasteiger partial charge in [0.25, 0.3) is 0 Å². The summed E-state index contributed by atoms with van der Waals surface area (Å²) < 4.78 is 7.00. The predicted octanol–water partition coefficient (Wildman–Crippen LogP) is 2.04. The Morgan fingerprint density at radius 2 is 2.37 bits per heavy atom. The Kier molecular flexibility index (Phi) is 3.97. The molecule has 0 spiro atoms. The van der Waals surface area contributed by atoms with E-state index in [1.165, 1.54) is 6.08 Å². The van der Waals surface area contributed by atoms with Crippen molar-refractivity contribution in [2.75, 3.05) is 7.11 Å². The van der Waals surface area contributed by atoms with Crippen LogP contribution in [-0.4, -0.2) is 28.0 Å². The first-order valence-electron chi connectivity index (χ1n) is 5.74. The molecule has 0 fully saturated rings. The zero-order chi connectivity index (χ0) is 13.7. The zero-order valence-electron chi connectivity index (χ0n) is 10.5. The van der Waals surface area contributed by atoms with Gasteiger partial charge < -0.3 is 9.84 Å². The Morgan fingerprint density at radius 1 is 1.53 bits per heavy atom. The lowest BCUT2D eigenvalue weighted by Gasteiger charge is -2.08. The number of aromatic nitrogens is 2. The van der Waals surface area contributed by atoms with Crippen LogP contribution in [0.4, 0.5) is 0 Å². The number of hydrogen-bond donors (Lipinski definition) is 1. The summed E-state index contributed by atoms with van der Waals surface area (Å²) in [6.07, 6.45) is 6.20. The van der Waals surface area contributed by atoms with Crippen molar-refractivity contribution < 1.29 is 14.6 Å². The van der Waals surface area contributed by atoms with Crippen molar-refractivity contribution in [1.82, 2.24) is 9.78 Å². The minimum Gasteiger partial charge on any atom is -0.496 e. The summed E-state index contributed by atoms with van der Waals surface area (Å²) in [6, 6.07) is 7.49. The van der Waals surface area contributed by atoms with Crippen LogP contribution in [0, 0.1) is 0 Å². The Balaban J connectivity index is 2.27. The van der Waals surface area contributed by atoms with Gasteiger partial charge in [0.1, 0.15) is 5.75 Å². The molecular formula is C14H14N2O3. The summed E-state index contributed by atoms with van der Waals surface area (Å²) in [5, 5.41) is 12.8. The number of aliphatic carboxylic acids is 1. The van der Waals surface area contributed by atoms with Gasteiger partial charge in [-0.05, 0) is 29.8 Å². The fourth-order valence-electron chi connectivity index (χ4n) is 1.75. The van der Waals surface area contributed by atoms with Crippen LogP contribution in [0.5, 0.6) is 5.75 Å². The molecule has 0 unspecified atom stereocenters. The van der Waals surface area contributed by atoms with Crippen LogP contribution in [-0.2, 0) is 11.3 Å². The van der Waals surface area contributed by atoms with E-state index in [4.69, 9.17) is 9.84 Å². The maximum atomic E-state index is 10.6. The molecular weight excluding hydrogens is 244 g/mol. The van der Waals surface area contributed by atoms with Crippen molar-refractivity contribution in [2.24, 2.45) is 0 Å². The third-order valence-electron chi connectivity index (χ3n) is 2.60. The lowest BCUT2D eigenvalue weighted by atomic mass is 10.1. The standard InChI is InChI=1S/C14H14N2O3/c1-19-13-5-3-11(10-16-8-2-7-15-16)9-12(13)4-6-14(17)18/h2-9H,10H2,1H3,(H,17,18). The Labute approximate surface area is 110 Å². The molecule has 0 aliphatic heterocycles. The Bertz CT molecular complexity index is 589. The average molecular weight is 258 g/mol. The second kappa shape index (κ2) is 5.86. The van der Waals surface area contributed by atoms with E-state index in [2.05, 4.69) is 5.10 Å². The van der Waals surface area contributed by atoms with Gasteiger partial charge in [-0.25, -0.2) is 4.79 Å². The molecule has 0 aliphatic carbocycles. The van der Waals surface area contributed by atoms with Gasteiger partial charge >= 0.3 is 5.97 Å². The van der Waals surface area contributed by atoms with E-state index in [-0.39, 0.29) is 0 Å². The molecule has 2 aromatic rings. The maximum absolute atomic E-state index is 10.6. The molecule has 0 amide bonds. The summed E-state index contributed by atoms with van der Waals surface area (Å²) in [5.41, 5.74) is 1.75. The van der Waals surface area contributed by atoms with Crippen molar-refractivity contribution in [3.8, 4) is 5.75 Å². The topological polar surface area (TPSA) is 64.4 Å². The van der Waals surface area contributed by atoms with E-state index in [1.54, 1.807) is 18.0 Å². The smallest absolute Gasteiger partial charge is 0.328 e. The number of nitrogens with zero attached hydrogens (tertiary/aromatic N) is 2. The SMILES string of the molecule is COc1ccc(Cn2cccn2)cc1C=CC(=O)O. The van der Waals surface area contributed by atoms with E-state index in [0.29, 0.717) is 12.3 Å². The largest absolute Gasteiger partial charge is 0.496 e. The minimum absolute atomic E-state index is 0.630. The summed E-state index contributed by atoms with van der Waals surface area (Å²) in [4.78, 5) is 10.6. The molecule has 5 heteroatoms. The van der Waals surface area contributed by atoms with Gasteiger partial charge in [0.05, 0.1) is 13.7 Å². The van der Waals surface area contributed by atoms with Gasteiger partial charge in [0.15, 0.2) is 0 Å². The second-order valence-electron chi connectivity index (χ2n) is 3.95. The van der Waals surface area contributed by atoms with Gasteiger partial charge in [0, 0.05) is 24.0 Å². The van der Waals surface area contributed by atoms with Crippen LogP contribution in [0.2, 0.25) is 0 Å². The van der Waals surface area contributed by atoms with Crippen molar-refractivity contribution >= 4 is 12.0 Å². The first kappa shape index (κ1) is 12.9. The number of carbonyl (C=O) groups is 1. The van der Waals surface area contributed by atoms with Crippen LogP contribution in [0.3, 0.4) is 0 Å². The molecule has 1 aromatic carbocycles. The number of hydrogen-bond acceptors (Lipinski definition) is 3. The van der Waals surface area contributed by atoms with Gasteiger partial charge in [-0.15, -0.1) is 0 Å². The van der Waals surface area contributed by atoms with Crippen LogP contribution in [0.25, 0.3) is 6.08 Å². The van der Waals surface area contributed by atoms with Crippen LogP contribution < -0.4 is 4.74 Å². The zero-order valence-corrected chi connectivity index (χ0v) is 10.5. The quantitative estimate of drug-likeness (QED) is 0.833. The van der Waals surface area contributed by atoms with Crippen molar-refractivity contribution in [3.63, 3.8) is 0 Å². The number of methoxy groups -OCH3 is 1. The summed E-state index contributed by atoms with van der Waals surface area (Å²) in [6.45, 7) is 0.630. The van der Waals surface area contributed by atoms with Crippen molar-refractivity contribution in [2.45, 2.75) is 6.54 Å². The van der Waals surface area contributed by atoms with Crippen molar-refractivity contribution in [3.05, 3.63) is 53.9 Å². The number of carboxylic acid groups (broad SMARTS) is 1. The summed E-state index contributed by atoms with van der Waals surface area (Å²) >= 11 is 0. The molecule has 1 aromatic heterocycles. The highest BCUT2D eigenvalue weighted by Crippen LogP contribution is 2.21. The fraction of sp³-hybridized carbons (Fsp3) is 0.143. The van der Waals surface area contributed by atoms with Gasteiger partial charge in [-0.3, -0.25) is 4.68 Å². The predicted molar refractivity (Wildman–Crippen MR) is 71.0 cm³/mol. The fourth-order valence-corrected chi connectivity index (χ4v) is 1.75. The molecule has 98 valence electrons. The maximum Gasteiger partial charge on any atom is 0.328 e. The lowest BCUT2D eigenvalue weighted by Crippen LogP contribution is -2.00. The molecule has 5 nitrogen and oxygen atoms in total. The molecule has 0 radical (unpaired) electrons. The van der Waals surface area contributed by atoms with Crippen LogP contribution >= 0.6 is 0 Å². The van der Waals surface area contributed by atoms with Gasteiger partial charge in [-0.2, -0.15) is 5.10 Å². The highest BCUT2D eigenvalue weighted by atomic mass is 16.5. The van der Waals surface area contributed by atoms with Gasteiger partial charge in [0.2, 0.25) is 0 Å². The third kappa shape index (κ3) is 3.45. The minimum atomic E-state index is -0.987. The molecule has 0 aliphatic rings. The van der Waals surface area contributed by atoms with E-state index in [1.807, 2.05) is 30.5 Å². The lowest BCUT2D eigenvalue weighted by molar-refractivity contribution is -0.131. The highest BCUT2D eigenvalue weighted by molar-refractivity contribution is 5.85. The molecule has 0 saturated carbocycles. The Morgan fingerprint density at radius 3 is 3.00 bits per heavy atom. The van der Waals surface area contributed by atoms with Gasteiger partial charge in [-0.1, -0.05) is 6.07 Å². The molecule has 0 saturated heterocycles. The Hall–Kier alpha value is -2.56. The number of benzene rings is 1. The van der Waals surface area contributed by atoms with E-state index in [0.717, 1.165) is 17.2 Å². The normalized spacial score (nSPS) is 10.8. The van der Waals surface area contributed by atoms with E-state index in [9.17, 15) is 4.79 Å². The monoisotopic (exact) mass is 258 g/mol. The first-order chi connectivity index (χ1) is 9.19. The summed E-state index contributed by atoms with van der Waals surface area (Å²) in [7, 11) is 1.56. The van der Waals surface area contributed by atoms with Crippen LogP contribution in [0.15, 0.2) is 42.7 Å².